The van der Waals surface area contributed by atoms with Gasteiger partial charge in [0.05, 0.1) is 4.92 Å². The molecule has 0 aromatic heterocycles. The molecule has 1 saturated carbocycles. The van der Waals surface area contributed by atoms with Gasteiger partial charge in [0.15, 0.2) is 0 Å². The van der Waals surface area contributed by atoms with Gasteiger partial charge in [0.2, 0.25) is 0 Å². The second-order valence-corrected chi connectivity index (χ2v) is 5.20. The molecule has 6 nitrogen and oxygen atoms in total. The number of nitro benzene ring substituents is 1. The SMILES string of the molecule is CCNc1ccc(C(=O)NCC2CC2C)cc1[N+](=O)[O-]. The Balaban J connectivity index is 2.09. The standard InChI is InChI=1S/C14H19N3O3/c1-3-15-12-5-4-10(7-13(12)17(19)20)14(18)16-8-11-6-9(11)2/h4-5,7,9,11,15H,3,6,8H2,1-2H3,(H,16,18). The molecule has 2 atom stereocenters. The van der Waals surface area contributed by atoms with Crippen molar-refractivity contribution in [2.45, 2.75) is 20.3 Å². The molecule has 1 aromatic rings. The van der Waals surface area contributed by atoms with Crippen molar-refractivity contribution >= 4 is 17.3 Å². The molecule has 0 bridgehead atoms. The van der Waals surface area contributed by atoms with Gasteiger partial charge in [0, 0.05) is 24.7 Å². The van der Waals surface area contributed by atoms with Crippen LogP contribution in [-0.4, -0.2) is 23.9 Å². The highest BCUT2D eigenvalue weighted by Gasteiger charge is 2.32. The van der Waals surface area contributed by atoms with E-state index in [0.29, 0.717) is 36.2 Å². The molecule has 1 aliphatic rings. The first kappa shape index (κ1) is 14.3. The molecule has 0 spiro atoms. The second kappa shape index (κ2) is 5.90. The van der Waals surface area contributed by atoms with Crippen LogP contribution in [0.25, 0.3) is 0 Å². The van der Waals surface area contributed by atoms with E-state index in [1.807, 2.05) is 6.92 Å². The molecule has 2 N–H and O–H groups in total. The normalized spacial score (nSPS) is 20.3. The molecule has 0 radical (unpaired) electrons. The van der Waals surface area contributed by atoms with E-state index in [9.17, 15) is 14.9 Å². The summed E-state index contributed by atoms with van der Waals surface area (Å²) in [6.07, 6.45) is 1.14. The number of hydrogen-bond donors (Lipinski definition) is 2. The van der Waals surface area contributed by atoms with Crippen LogP contribution < -0.4 is 10.6 Å². The van der Waals surface area contributed by atoms with Gasteiger partial charge in [-0.25, -0.2) is 0 Å². The molecule has 2 rings (SSSR count). The van der Waals surface area contributed by atoms with Crippen LogP contribution in [-0.2, 0) is 0 Å². The number of nitro groups is 1. The predicted molar refractivity (Wildman–Crippen MR) is 76.9 cm³/mol. The zero-order valence-corrected chi connectivity index (χ0v) is 11.7. The average molecular weight is 277 g/mol. The highest BCUT2D eigenvalue weighted by molar-refractivity contribution is 5.95. The summed E-state index contributed by atoms with van der Waals surface area (Å²) in [5.74, 6) is 0.964. The van der Waals surface area contributed by atoms with Crippen molar-refractivity contribution in [3.05, 3.63) is 33.9 Å². The van der Waals surface area contributed by atoms with Gasteiger partial charge < -0.3 is 10.6 Å². The van der Waals surface area contributed by atoms with Gasteiger partial charge >= 0.3 is 0 Å². The Hall–Kier alpha value is -2.11. The quantitative estimate of drug-likeness (QED) is 0.617. The van der Waals surface area contributed by atoms with Crippen LogP contribution in [0.2, 0.25) is 0 Å². The van der Waals surface area contributed by atoms with Crippen molar-refractivity contribution in [1.82, 2.24) is 5.32 Å². The van der Waals surface area contributed by atoms with Crippen LogP contribution in [0.4, 0.5) is 11.4 Å². The number of benzene rings is 1. The summed E-state index contributed by atoms with van der Waals surface area (Å²) in [5.41, 5.74) is 0.691. The maximum atomic E-state index is 12.0. The van der Waals surface area contributed by atoms with Gasteiger partial charge in [-0.3, -0.25) is 14.9 Å². The summed E-state index contributed by atoms with van der Waals surface area (Å²) in [4.78, 5) is 22.5. The summed E-state index contributed by atoms with van der Waals surface area (Å²) in [6.45, 7) is 5.24. The average Bonchev–Trinajstić information content (AvgIpc) is 3.12. The number of nitrogens with zero attached hydrogens (tertiary/aromatic N) is 1. The Morgan fingerprint density at radius 3 is 2.75 bits per heavy atom. The smallest absolute Gasteiger partial charge is 0.293 e. The van der Waals surface area contributed by atoms with Crippen molar-refractivity contribution < 1.29 is 9.72 Å². The first-order valence-corrected chi connectivity index (χ1v) is 6.83. The molecule has 0 aliphatic heterocycles. The van der Waals surface area contributed by atoms with E-state index in [2.05, 4.69) is 17.6 Å². The lowest BCUT2D eigenvalue weighted by atomic mass is 10.1. The van der Waals surface area contributed by atoms with Crippen LogP contribution >= 0.6 is 0 Å². The molecule has 0 saturated heterocycles. The predicted octanol–water partition coefficient (Wildman–Crippen LogP) is 2.41. The van der Waals surface area contributed by atoms with Crippen LogP contribution in [0, 0.1) is 22.0 Å². The second-order valence-electron chi connectivity index (χ2n) is 5.20. The highest BCUT2D eigenvalue weighted by atomic mass is 16.6. The fraction of sp³-hybridized carbons (Fsp3) is 0.500. The Morgan fingerprint density at radius 2 is 2.20 bits per heavy atom. The van der Waals surface area contributed by atoms with Crippen molar-refractivity contribution in [3.8, 4) is 0 Å². The number of anilines is 1. The lowest BCUT2D eigenvalue weighted by Gasteiger charge is -2.07. The Morgan fingerprint density at radius 1 is 1.50 bits per heavy atom. The maximum Gasteiger partial charge on any atom is 0.293 e. The first-order chi connectivity index (χ1) is 9.52. The third-order valence-electron chi connectivity index (χ3n) is 3.62. The molecular weight excluding hydrogens is 258 g/mol. The molecule has 20 heavy (non-hydrogen) atoms. The van der Waals surface area contributed by atoms with Crippen LogP contribution in [0.1, 0.15) is 30.6 Å². The van der Waals surface area contributed by atoms with Crippen LogP contribution in [0.15, 0.2) is 18.2 Å². The Bertz CT molecular complexity index is 530. The number of carbonyl (C=O) groups is 1. The zero-order valence-electron chi connectivity index (χ0n) is 11.7. The molecular formula is C14H19N3O3. The van der Waals surface area contributed by atoms with Gasteiger partial charge in [0.1, 0.15) is 5.69 Å². The molecule has 1 amide bonds. The molecule has 2 unspecified atom stereocenters. The van der Waals surface area contributed by atoms with Crippen LogP contribution in [0.3, 0.4) is 0 Å². The van der Waals surface area contributed by atoms with Gasteiger partial charge in [-0.15, -0.1) is 0 Å². The van der Waals surface area contributed by atoms with Gasteiger partial charge in [0.25, 0.3) is 11.6 Å². The molecule has 0 heterocycles. The first-order valence-electron chi connectivity index (χ1n) is 6.83. The molecule has 1 aromatic carbocycles. The summed E-state index contributed by atoms with van der Waals surface area (Å²) in [6, 6.07) is 4.51. The van der Waals surface area contributed by atoms with E-state index >= 15 is 0 Å². The van der Waals surface area contributed by atoms with E-state index in [1.54, 1.807) is 12.1 Å². The largest absolute Gasteiger partial charge is 0.380 e. The molecule has 108 valence electrons. The number of hydrogen-bond acceptors (Lipinski definition) is 4. The van der Waals surface area contributed by atoms with Crippen molar-refractivity contribution in [2.24, 2.45) is 11.8 Å². The Kier molecular flexibility index (Phi) is 4.22. The number of nitrogens with one attached hydrogen (secondary N) is 2. The lowest BCUT2D eigenvalue weighted by molar-refractivity contribution is -0.384. The van der Waals surface area contributed by atoms with Crippen molar-refractivity contribution in [1.29, 1.82) is 0 Å². The van der Waals surface area contributed by atoms with E-state index in [1.165, 1.54) is 6.07 Å². The third kappa shape index (κ3) is 3.26. The third-order valence-corrected chi connectivity index (χ3v) is 3.62. The summed E-state index contributed by atoms with van der Waals surface area (Å²) >= 11 is 0. The molecule has 1 aliphatic carbocycles. The van der Waals surface area contributed by atoms with Crippen LogP contribution in [0.5, 0.6) is 0 Å². The van der Waals surface area contributed by atoms with E-state index in [4.69, 9.17) is 0 Å². The van der Waals surface area contributed by atoms with E-state index in [0.717, 1.165) is 6.42 Å². The van der Waals surface area contributed by atoms with E-state index in [-0.39, 0.29) is 11.6 Å². The maximum absolute atomic E-state index is 12.0. The lowest BCUT2D eigenvalue weighted by Crippen LogP contribution is -2.26. The van der Waals surface area contributed by atoms with Gasteiger partial charge in [-0.05, 0) is 37.3 Å². The Labute approximate surface area is 117 Å². The van der Waals surface area contributed by atoms with Gasteiger partial charge in [-0.2, -0.15) is 0 Å². The zero-order chi connectivity index (χ0) is 14.7. The highest BCUT2D eigenvalue weighted by Crippen LogP contribution is 2.36. The van der Waals surface area contributed by atoms with Crippen molar-refractivity contribution in [2.75, 3.05) is 18.4 Å². The minimum Gasteiger partial charge on any atom is -0.380 e. The summed E-state index contributed by atoms with van der Waals surface area (Å²) in [7, 11) is 0. The molecule has 1 fully saturated rings. The fourth-order valence-electron chi connectivity index (χ4n) is 2.17. The summed E-state index contributed by atoms with van der Waals surface area (Å²) < 4.78 is 0. The van der Waals surface area contributed by atoms with Gasteiger partial charge in [-0.1, -0.05) is 6.92 Å². The number of amides is 1. The fourth-order valence-corrected chi connectivity index (χ4v) is 2.17. The minimum atomic E-state index is -0.474. The minimum absolute atomic E-state index is 0.0701. The molecule has 6 heteroatoms. The van der Waals surface area contributed by atoms with E-state index < -0.39 is 4.92 Å². The summed E-state index contributed by atoms with van der Waals surface area (Å²) in [5, 5.41) is 16.8. The number of rotatable bonds is 6. The topological polar surface area (TPSA) is 84.3 Å². The number of carbonyl (C=O) groups excluding carboxylic acids is 1. The monoisotopic (exact) mass is 277 g/mol. The van der Waals surface area contributed by atoms with Crippen molar-refractivity contribution in [3.63, 3.8) is 0 Å².